The van der Waals surface area contributed by atoms with Gasteiger partial charge in [0.2, 0.25) is 0 Å². The third kappa shape index (κ3) is 4.09. The number of anilines is 1. The van der Waals surface area contributed by atoms with Gasteiger partial charge in [-0.2, -0.15) is 0 Å². The van der Waals surface area contributed by atoms with Crippen LogP contribution in [0.15, 0.2) is 12.1 Å². The number of aryl methyl sites for hydroxylation is 2. The number of amides is 1. The lowest BCUT2D eigenvalue weighted by Crippen LogP contribution is -2.34. The van der Waals surface area contributed by atoms with Gasteiger partial charge in [0, 0.05) is 18.0 Å². The minimum absolute atomic E-state index is 0.210. The molecule has 1 aromatic carbocycles. The van der Waals surface area contributed by atoms with Crippen LogP contribution in [0.3, 0.4) is 0 Å². The normalized spacial score (nSPS) is 18.5. The van der Waals surface area contributed by atoms with Gasteiger partial charge in [-0.3, -0.25) is 4.79 Å². The molecule has 1 heterocycles. The van der Waals surface area contributed by atoms with E-state index in [1.807, 2.05) is 26.0 Å². The van der Waals surface area contributed by atoms with E-state index in [9.17, 15) is 4.79 Å². The number of carbonyl (C=O) groups excluding carboxylic acids is 1. The molecule has 1 aliphatic rings. The molecule has 2 rings (SSSR count). The van der Waals surface area contributed by atoms with Crippen molar-refractivity contribution < 1.29 is 4.79 Å². The highest BCUT2D eigenvalue weighted by atomic mass is 35.5. The van der Waals surface area contributed by atoms with Gasteiger partial charge in [-0.25, -0.2) is 0 Å². The van der Waals surface area contributed by atoms with Gasteiger partial charge >= 0.3 is 0 Å². The summed E-state index contributed by atoms with van der Waals surface area (Å²) in [5, 5.41) is 3.97. The van der Waals surface area contributed by atoms with Crippen LogP contribution in [-0.4, -0.2) is 30.1 Å². The largest absolute Gasteiger partial charge is 0.322 e. The van der Waals surface area contributed by atoms with Crippen molar-refractivity contribution >= 4 is 30.5 Å². The fraction of sp³-hybridized carbons (Fsp3) is 0.632. The molecule has 1 aliphatic heterocycles. The van der Waals surface area contributed by atoms with Crippen molar-refractivity contribution in [3.8, 4) is 0 Å². The molecular weight excluding hydrogens is 325 g/mol. The first kappa shape index (κ1) is 18.7. The molecule has 4 heteroatoms. The summed E-state index contributed by atoms with van der Waals surface area (Å²) >= 11 is 6.11. The van der Waals surface area contributed by atoms with Gasteiger partial charge in [-0.15, -0.1) is 0 Å². The molecular formula is C19H30ClNOP+. The third-order valence-electron chi connectivity index (χ3n) is 5.43. The summed E-state index contributed by atoms with van der Waals surface area (Å²) in [4.78, 5) is 13.1. The molecule has 2 nitrogen and oxygen atoms in total. The van der Waals surface area contributed by atoms with Crippen LogP contribution in [0.25, 0.3) is 0 Å². The van der Waals surface area contributed by atoms with Gasteiger partial charge in [-0.1, -0.05) is 18.5 Å². The summed E-state index contributed by atoms with van der Waals surface area (Å²) in [6, 6.07) is 3.85. The van der Waals surface area contributed by atoms with Crippen molar-refractivity contribution in [2.45, 2.75) is 59.0 Å². The molecule has 1 unspecified atom stereocenters. The molecule has 0 spiro atoms. The zero-order valence-corrected chi connectivity index (χ0v) is 16.6. The lowest BCUT2D eigenvalue weighted by atomic mass is 10.1. The van der Waals surface area contributed by atoms with Crippen LogP contribution in [0.1, 0.15) is 50.7 Å². The predicted molar refractivity (Wildman–Crippen MR) is 105 cm³/mol. The van der Waals surface area contributed by atoms with Gasteiger partial charge in [0.15, 0.2) is 0 Å². The number of nitrogens with one attached hydrogen (secondary N) is 1. The fourth-order valence-electron chi connectivity index (χ4n) is 4.13. The fourth-order valence-corrected chi connectivity index (χ4v) is 9.42. The Balaban J connectivity index is 2.24. The van der Waals surface area contributed by atoms with Crippen molar-refractivity contribution in [2.75, 3.05) is 23.8 Å². The standard InChI is InChI=1S/C19H29ClNOP/c1-5-17(23(6-2)10-8-7-9-11-23)19(22)21-18-14(3)12-16(20)13-15(18)4/h12-13,17H,5-11H2,1-4H3/p+1. The second kappa shape index (κ2) is 7.99. The number of hydrogen-bond donors (Lipinski definition) is 1. The van der Waals surface area contributed by atoms with Crippen LogP contribution in [0.2, 0.25) is 5.02 Å². The van der Waals surface area contributed by atoms with E-state index in [1.165, 1.54) is 37.7 Å². The average molecular weight is 355 g/mol. The summed E-state index contributed by atoms with van der Waals surface area (Å²) in [6.45, 7) is 8.51. The van der Waals surface area contributed by atoms with Gasteiger partial charge in [0.25, 0.3) is 5.91 Å². The first-order chi connectivity index (χ1) is 10.9. The summed E-state index contributed by atoms with van der Waals surface area (Å²) in [6.07, 6.45) is 8.72. The van der Waals surface area contributed by atoms with Crippen LogP contribution in [0.4, 0.5) is 5.69 Å². The Hall–Kier alpha value is -0.590. The van der Waals surface area contributed by atoms with E-state index in [1.54, 1.807) is 0 Å². The number of hydrogen-bond acceptors (Lipinski definition) is 1. The van der Waals surface area contributed by atoms with Gasteiger partial charge < -0.3 is 5.32 Å². The Morgan fingerprint density at radius 1 is 1.17 bits per heavy atom. The Kier molecular flexibility index (Phi) is 6.51. The Morgan fingerprint density at radius 2 is 1.74 bits per heavy atom. The van der Waals surface area contributed by atoms with E-state index < -0.39 is 7.26 Å². The molecule has 128 valence electrons. The van der Waals surface area contributed by atoms with Crippen molar-refractivity contribution in [1.29, 1.82) is 0 Å². The van der Waals surface area contributed by atoms with E-state index in [0.29, 0.717) is 0 Å². The maximum absolute atomic E-state index is 13.1. The highest BCUT2D eigenvalue weighted by Gasteiger charge is 2.47. The van der Waals surface area contributed by atoms with Crippen molar-refractivity contribution in [1.82, 2.24) is 0 Å². The van der Waals surface area contributed by atoms with Gasteiger partial charge in [-0.05, 0) is 69.7 Å². The maximum Gasteiger partial charge on any atom is 0.265 e. The lowest BCUT2D eigenvalue weighted by molar-refractivity contribution is -0.115. The Bertz CT molecular complexity index is 543. The molecule has 1 fully saturated rings. The molecule has 1 aromatic rings. The second-order valence-electron chi connectivity index (χ2n) is 6.87. The van der Waals surface area contributed by atoms with E-state index >= 15 is 0 Å². The van der Waals surface area contributed by atoms with Crippen LogP contribution >= 0.6 is 18.9 Å². The zero-order valence-electron chi connectivity index (χ0n) is 14.9. The number of halogens is 1. The Morgan fingerprint density at radius 3 is 2.22 bits per heavy atom. The molecule has 1 N–H and O–H groups in total. The minimum atomic E-state index is -1.15. The SMILES string of the molecule is CCC(C(=O)Nc1c(C)cc(Cl)cc1C)[P+]1(CC)CCCCC1. The van der Waals surface area contributed by atoms with Crippen LogP contribution in [0, 0.1) is 13.8 Å². The summed E-state index contributed by atoms with van der Waals surface area (Å²) in [5.41, 5.74) is 3.25. The number of benzene rings is 1. The zero-order chi connectivity index (χ0) is 17.0. The minimum Gasteiger partial charge on any atom is -0.322 e. The number of carbonyl (C=O) groups is 1. The molecule has 1 saturated heterocycles. The smallest absolute Gasteiger partial charge is 0.265 e. The van der Waals surface area contributed by atoms with Gasteiger partial charge in [0.1, 0.15) is 5.66 Å². The molecule has 1 atom stereocenters. The first-order valence-corrected chi connectivity index (χ1v) is 11.7. The molecule has 0 aliphatic carbocycles. The van der Waals surface area contributed by atoms with Crippen molar-refractivity contribution in [3.05, 3.63) is 28.3 Å². The number of rotatable bonds is 5. The first-order valence-electron chi connectivity index (χ1n) is 8.87. The molecule has 0 aromatic heterocycles. The van der Waals surface area contributed by atoms with Crippen molar-refractivity contribution in [2.24, 2.45) is 0 Å². The van der Waals surface area contributed by atoms with E-state index in [4.69, 9.17) is 11.6 Å². The highest BCUT2D eigenvalue weighted by Crippen LogP contribution is 2.66. The second-order valence-corrected chi connectivity index (χ2v) is 11.9. The van der Waals surface area contributed by atoms with E-state index in [0.717, 1.165) is 28.3 Å². The van der Waals surface area contributed by atoms with E-state index in [2.05, 4.69) is 19.2 Å². The molecule has 1 amide bonds. The van der Waals surface area contributed by atoms with Crippen LogP contribution in [-0.2, 0) is 4.79 Å². The molecule has 0 radical (unpaired) electrons. The highest BCUT2D eigenvalue weighted by molar-refractivity contribution is 7.77. The predicted octanol–water partition coefficient (Wildman–Crippen LogP) is 5.90. The monoisotopic (exact) mass is 354 g/mol. The molecule has 0 bridgehead atoms. The quantitative estimate of drug-likeness (QED) is 0.656. The summed E-state index contributed by atoms with van der Waals surface area (Å²) in [5.74, 6) is 0.234. The Labute approximate surface area is 146 Å². The van der Waals surface area contributed by atoms with Crippen LogP contribution in [0.5, 0.6) is 0 Å². The van der Waals surface area contributed by atoms with Gasteiger partial charge in [0.05, 0.1) is 18.5 Å². The van der Waals surface area contributed by atoms with E-state index in [-0.39, 0.29) is 11.6 Å². The van der Waals surface area contributed by atoms with Crippen LogP contribution < -0.4 is 5.32 Å². The molecule has 0 saturated carbocycles. The van der Waals surface area contributed by atoms with Crippen molar-refractivity contribution in [3.63, 3.8) is 0 Å². The third-order valence-corrected chi connectivity index (χ3v) is 11.2. The lowest BCUT2D eigenvalue weighted by Gasteiger charge is -2.35. The molecule has 23 heavy (non-hydrogen) atoms. The average Bonchev–Trinajstić information content (AvgIpc) is 2.52. The summed E-state index contributed by atoms with van der Waals surface area (Å²) in [7, 11) is -1.15. The topological polar surface area (TPSA) is 29.1 Å². The maximum atomic E-state index is 13.1. The summed E-state index contributed by atoms with van der Waals surface area (Å²) < 4.78 is 0.